The summed E-state index contributed by atoms with van der Waals surface area (Å²) in [6.45, 7) is 1.58. The van der Waals surface area contributed by atoms with Gasteiger partial charge in [-0.2, -0.15) is 0 Å². The molecule has 2 aromatic carbocycles. The van der Waals surface area contributed by atoms with E-state index in [0.717, 1.165) is 11.1 Å². The lowest BCUT2D eigenvalue weighted by atomic mass is 10.1. The highest BCUT2D eigenvalue weighted by Gasteiger charge is 2.12. The maximum atomic E-state index is 11.9. The van der Waals surface area contributed by atoms with Crippen molar-refractivity contribution in [1.82, 2.24) is 4.98 Å². The number of esters is 2. The molecule has 0 spiro atoms. The van der Waals surface area contributed by atoms with Crippen molar-refractivity contribution >= 4 is 23.5 Å². The summed E-state index contributed by atoms with van der Waals surface area (Å²) >= 11 is 0. The number of aromatic nitrogens is 1. The standard InChI is InChI=1S/C23H22N2O6/c1-15-3-5-16(6-4-15)19-13-24-21(31-19)11-12-22(27)30-14-20(26)25-18-9-7-17(8-10-18)23(28)29-2/h3-10,13H,11-12,14H2,1-2H3,(H,25,26). The summed E-state index contributed by atoms with van der Waals surface area (Å²) in [6, 6.07) is 14.0. The number of hydrogen-bond donors (Lipinski definition) is 1. The number of ether oxygens (including phenoxy) is 2. The van der Waals surface area contributed by atoms with Crippen LogP contribution in [0.5, 0.6) is 0 Å². The molecule has 31 heavy (non-hydrogen) atoms. The molecule has 0 aliphatic carbocycles. The molecule has 1 amide bonds. The number of methoxy groups -OCH3 is 1. The zero-order valence-corrected chi connectivity index (χ0v) is 17.2. The van der Waals surface area contributed by atoms with Crippen molar-refractivity contribution in [1.29, 1.82) is 0 Å². The first-order valence-corrected chi connectivity index (χ1v) is 9.60. The summed E-state index contributed by atoms with van der Waals surface area (Å²) in [5.41, 5.74) is 2.89. The maximum absolute atomic E-state index is 11.9. The second-order valence-corrected chi connectivity index (χ2v) is 6.76. The summed E-state index contributed by atoms with van der Waals surface area (Å²) in [7, 11) is 1.29. The fourth-order valence-electron chi connectivity index (χ4n) is 2.71. The average Bonchev–Trinajstić information content (AvgIpc) is 3.26. The van der Waals surface area contributed by atoms with Crippen LogP contribution in [-0.4, -0.2) is 36.5 Å². The molecule has 0 unspecified atom stereocenters. The van der Waals surface area contributed by atoms with Crippen molar-refractivity contribution in [2.24, 2.45) is 0 Å². The van der Waals surface area contributed by atoms with Crippen LogP contribution in [0, 0.1) is 6.92 Å². The normalized spacial score (nSPS) is 10.4. The Hall–Kier alpha value is -3.94. The molecule has 0 saturated carbocycles. The van der Waals surface area contributed by atoms with Crippen LogP contribution in [0.25, 0.3) is 11.3 Å². The largest absolute Gasteiger partial charge is 0.465 e. The van der Waals surface area contributed by atoms with Gasteiger partial charge in [0, 0.05) is 17.7 Å². The highest BCUT2D eigenvalue weighted by Crippen LogP contribution is 2.21. The van der Waals surface area contributed by atoms with E-state index in [1.165, 1.54) is 19.2 Å². The number of carbonyl (C=O) groups is 3. The van der Waals surface area contributed by atoms with E-state index >= 15 is 0 Å². The molecule has 0 fully saturated rings. The van der Waals surface area contributed by atoms with E-state index in [4.69, 9.17) is 9.15 Å². The van der Waals surface area contributed by atoms with E-state index in [-0.39, 0.29) is 12.8 Å². The molecule has 1 N–H and O–H groups in total. The Kier molecular flexibility index (Phi) is 7.16. The first-order valence-electron chi connectivity index (χ1n) is 9.60. The summed E-state index contributed by atoms with van der Waals surface area (Å²) in [5, 5.41) is 2.58. The molecule has 0 aliphatic heterocycles. The maximum Gasteiger partial charge on any atom is 0.337 e. The third kappa shape index (κ3) is 6.27. The third-order valence-electron chi connectivity index (χ3n) is 4.39. The summed E-state index contributed by atoms with van der Waals surface area (Å²) < 4.78 is 15.3. The van der Waals surface area contributed by atoms with E-state index in [0.29, 0.717) is 22.9 Å². The zero-order chi connectivity index (χ0) is 22.2. The Labute approximate surface area is 179 Å². The van der Waals surface area contributed by atoms with Crippen molar-refractivity contribution < 1.29 is 28.3 Å². The molecular formula is C23H22N2O6. The van der Waals surface area contributed by atoms with Crippen LogP contribution < -0.4 is 5.32 Å². The van der Waals surface area contributed by atoms with Gasteiger partial charge in [0.05, 0.1) is 25.3 Å². The fourth-order valence-corrected chi connectivity index (χ4v) is 2.71. The van der Waals surface area contributed by atoms with Gasteiger partial charge in [-0.15, -0.1) is 0 Å². The molecule has 3 rings (SSSR count). The SMILES string of the molecule is COC(=O)c1ccc(NC(=O)COC(=O)CCc2ncc(-c3ccc(C)cc3)o2)cc1. The number of carbonyl (C=O) groups excluding carboxylic acids is 3. The van der Waals surface area contributed by atoms with E-state index in [2.05, 4.69) is 15.0 Å². The Morgan fingerprint density at radius 2 is 1.74 bits per heavy atom. The Morgan fingerprint density at radius 1 is 1.03 bits per heavy atom. The first-order chi connectivity index (χ1) is 14.9. The van der Waals surface area contributed by atoms with Crippen LogP contribution in [0.4, 0.5) is 5.69 Å². The molecular weight excluding hydrogens is 400 g/mol. The van der Waals surface area contributed by atoms with Crippen molar-refractivity contribution in [3.63, 3.8) is 0 Å². The molecule has 1 aromatic heterocycles. The number of oxazole rings is 1. The molecule has 0 saturated heterocycles. The van der Waals surface area contributed by atoms with Gasteiger partial charge < -0.3 is 19.2 Å². The van der Waals surface area contributed by atoms with Gasteiger partial charge in [0.2, 0.25) is 0 Å². The van der Waals surface area contributed by atoms with Gasteiger partial charge in [-0.05, 0) is 31.2 Å². The fraction of sp³-hybridized carbons (Fsp3) is 0.217. The van der Waals surface area contributed by atoms with Crippen LogP contribution in [0.3, 0.4) is 0 Å². The van der Waals surface area contributed by atoms with Crippen LogP contribution in [0.15, 0.2) is 59.1 Å². The molecule has 0 radical (unpaired) electrons. The molecule has 0 bridgehead atoms. The molecule has 8 nitrogen and oxygen atoms in total. The number of rotatable bonds is 8. The molecule has 0 atom stereocenters. The minimum absolute atomic E-state index is 0.0367. The van der Waals surface area contributed by atoms with E-state index in [9.17, 15) is 14.4 Å². The van der Waals surface area contributed by atoms with E-state index in [1.54, 1.807) is 18.3 Å². The number of nitrogens with one attached hydrogen (secondary N) is 1. The predicted molar refractivity (Wildman–Crippen MR) is 112 cm³/mol. The zero-order valence-electron chi connectivity index (χ0n) is 17.2. The number of anilines is 1. The van der Waals surface area contributed by atoms with Gasteiger partial charge in [0.1, 0.15) is 0 Å². The lowest BCUT2D eigenvalue weighted by Gasteiger charge is -2.07. The summed E-state index contributed by atoms with van der Waals surface area (Å²) in [4.78, 5) is 39.4. The smallest absolute Gasteiger partial charge is 0.337 e. The minimum atomic E-state index is -0.536. The number of benzene rings is 2. The van der Waals surface area contributed by atoms with Crippen molar-refractivity contribution in [3.8, 4) is 11.3 Å². The van der Waals surface area contributed by atoms with E-state index < -0.39 is 24.5 Å². The van der Waals surface area contributed by atoms with Crippen LogP contribution in [0.2, 0.25) is 0 Å². The Morgan fingerprint density at radius 3 is 2.42 bits per heavy atom. The molecule has 0 aliphatic rings. The van der Waals surface area contributed by atoms with Crippen LogP contribution in [-0.2, 0) is 25.5 Å². The van der Waals surface area contributed by atoms with Gasteiger partial charge in [-0.3, -0.25) is 9.59 Å². The average molecular weight is 422 g/mol. The minimum Gasteiger partial charge on any atom is -0.465 e. The Balaban J connectivity index is 1.41. The van der Waals surface area contributed by atoms with Gasteiger partial charge in [0.25, 0.3) is 5.91 Å². The molecule has 160 valence electrons. The van der Waals surface area contributed by atoms with Crippen LogP contribution in [0.1, 0.15) is 28.2 Å². The lowest BCUT2D eigenvalue weighted by molar-refractivity contribution is -0.147. The highest BCUT2D eigenvalue weighted by molar-refractivity contribution is 5.94. The second-order valence-electron chi connectivity index (χ2n) is 6.76. The first kappa shape index (κ1) is 21.8. The summed E-state index contributed by atoms with van der Waals surface area (Å²) in [5.74, 6) is -0.448. The molecule has 8 heteroatoms. The van der Waals surface area contributed by atoms with E-state index in [1.807, 2.05) is 31.2 Å². The molecule has 3 aromatic rings. The second kappa shape index (κ2) is 10.2. The topological polar surface area (TPSA) is 108 Å². The van der Waals surface area contributed by atoms with Crippen molar-refractivity contribution in [2.75, 3.05) is 19.0 Å². The van der Waals surface area contributed by atoms with Gasteiger partial charge >= 0.3 is 11.9 Å². The van der Waals surface area contributed by atoms with Crippen molar-refractivity contribution in [3.05, 3.63) is 71.7 Å². The van der Waals surface area contributed by atoms with Crippen LogP contribution >= 0.6 is 0 Å². The van der Waals surface area contributed by atoms with Gasteiger partial charge in [-0.1, -0.05) is 29.8 Å². The van der Waals surface area contributed by atoms with Gasteiger partial charge in [-0.25, -0.2) is 9.78 Å². The van der Waals surface area contributed by atoms with Crippen molar-refractivity contribution in [2.45, 2.75) is 19.8 Å². The predicted octanol–water partition coefficient (Wildman–Crippen LogP) is 3.55. The number of aryl methyl sites for hydroxylation is 2. The summed E-state index contributed by atoms with van der Waals surface area (Å²) in [6.07, 6.45) is 1.92. The quantitative estimate of drug-likeness (QED) is 0.553. The number of hydrogen-bond acceptors (Lipinski definition) is 7. The van der Waals surface area contributed by atoms with Gasteiger partial charge in [0.15, 0.2) is 18.3 Å². The molecule has 1 heterocycles. The number of nitrogens with zero attached hydrogens (tertiary/aromatic N) is 1. The highest BCUT2D eigenvalue weighted by atomic mass is 16.5. The lowest BCUT2D eigenvalue weighted by Crippen LogP contribution is -2.21. The third-order valence-corrected chi connectivity index (χ3v) is 4.39. The monoisotopic (exact) mass is 422 g/mol. The number of amides is 1. The Bertz CT molecular complexity index is 1050.